The SMILES string of the molecule is COc1ccc2c(Cc3ccc(C(C)(C)C)cc3)c3[n+](cc2c1O)CCc1cc2c(cc1-3)OCO2.[Cl-]. The van der Waals surface area contributed by atoms with Crippen molar-refractivity contribution in [1.29, 1.82) is 0 Å². The second-order valence-electron chi connectivity index (χ2n) is 10.5. The van der Waals surface area contributed by atoms with Gasteiger partial charge in [-0.1, -0.05) is 45.0 Å². The molecule has 186 valence electrons. The molecule has 0 radical (unpaired) electrons. The van der Waals surface area contributed by atoms with Gasteiger partial charge in [0.2, 0.25) is 12.5 Å². The summed E-state index contributed by atoms with van der Waals surface area (Å²) in [7, 11) is 1.59. The maximum Gasteiger partial charge on any atom is 0.231 e. The number of fused-ring (bicyclic) bond motifs is 5. The van der Waals surface area contributed by atoms with Gasteiger partial charge in [0, 0.05) is 23.8 Å². The van der Waals surface area contributed by atoms with Crippen LogP contribution < -0.4 is 31.2 Å². The minimum atomic E-state index is 0. The molecular weight excluding hydrogens is 474 g/mol. The van der Waals surface area contributed by atoms with E-state index in [1.54, 1.807) is 7.11 Å². The Labute approximate surface area is 217 Å². The predicted octanol–water partition coefficient (Wildman–Crippen LogP) is 2.69. The van der Waals surface area contributed by atoms with Crippen LogP contribution in [-0.4, -0.2) is 19.0 Å². The molecule has 0 amide bonds. The largest absolute Gasteiger partial charge is 1.00 e. The zero-order chi connectivity index (χ0) is 24.3. The number of methoxy groups -OCH3 is 1. The molecule has 1 aromatic heterocycles. The number of pyridine rings is 1. The molecule has 5 nitrogen and oxygen atoms in total. The Morgan fingerprint density at radius 2 is 1.69 bits per heavy atom. The number of hydrogen-bond acceptors (Lipinski definition) is 4. The summed E-state index contributed by atoms with van der Waals surface area (Å²) in [6, 6.07) is 17.1. The molecule has 3 heterocycles. The number of phenolic OH excluding ortho intramolecular Hbond substituents is 1. The fourth-order valence-electron chi connectivity index (χ4n) is 5.32. The van der Waals surface area contributed by atoms with Crippen LogP contribution in [0.3, 0.4) is 0 Å². The highest BCUT2D eigenvalue weighted by Gasteiger charge is 2.32. The van der Waals surface area contributed by atoms with Crippen molar-refractivity contribution in [3.63, 3.8) is 0 Å². The highest BCUT2D eigenvalue weighted by Crippen LogP contribution is 2.43. The maximum absolute atomic E-state index is 11.0. The first-order valence-electron chi connectivity index (χ1n) is 12.1. The number of ether oxygens (including phenoxy) is 3. The Hall–Kier alpha value is -3.44. The van der Waals surface area contributed by atoms with Gasteiger partial charge < -0.3 is 31.7 Å². The van der Waals surface area contributed by atoms with Crippen LogP contribution in [-0.2, 0) is 24.8 Å². The Morgan fingerprint density at radius 3 is 2.39 bits per heavy atom. The number of hydrogen-bond donors (Lipinski definition) is 1. The third-order valence-electron chi connectivity index (χ3n) is 7.26. The minimum absolute atomic E-state index is 0. The lowest BCUT2D eigenvalue weighted by atomic mass is 9.85. The summed E-state index contributed by atoms with van der Waals surface area (Å²) in [5.41, 5.74) is 7.43. The molecular formula is C30H30ClNO4. The number of aryl methyl sites for hydroxylation is 2. The van der Waals surface area contributed by atoms with E-state index in [0.29, 0.717) is 5.75 Å². The molecule has 0 fully saturated rings. The molecule has 1 N–H and O–H groups in total. The van der Waals surface area contributed by atoms with E-state index in [2.05, 4.69) is 74.0 Å². The maximum atomic E-state index is 11.0. The molecule has 0 bridgehead atoms. The topological polar surface area (TPSA) is 51.8 Å². The van der Waals surface area contributed by atoms with Gasteiger partial charge >= 0.3 is 0 Å². The Kier molecular flexibility index (Phi) is 6.00. The summed E-state index contributed by atoms with van der Waals surface area (Å²) in [5, 5.41) is 12.8. The van der Waals surface area contributed by atoms with E-state index in [4.69, 9.17) is 14.2 Å². The molecule has 0 saturated heterocycles. The van der Waals surface area contributed by atoms with Gasteiger partial charge in [-0.05, 0) is 46.4 Å². The second-order valence-corrected chi connectivity index (χ2v) is 10.5. The third kappa shape index (κ3) is 3.92. The quantitative estimate of drug-likeness (QED) is 0.437. The predicted molar refractivity (Wildman–Crippen MR) is 136 cm³/mol. The van der Waals surface area contributed by atoms with Gasteiger partial charge in [-0.15, -0.1) is 0 Å². The second kappa shape index (κ2) is 8.90. The molecule has 6 heteroatoms. The molecule has 0 saturated carbocycles. The number of rotatable bonds is 3. The molecule has 0 unspecified atom stereocenters. The third-order valence-corrected chi connectivity index (χ3v) is 7.26. The van der Waals surface area contributed by atoms with Gasteiger partial charge in [-0.3, -0.25) is 0 Å². The van der Waals surface area contributed by atoms with E-state index in [1.807, 2.05) is 6.07 Å². The van der Waals surface area contributed by atoms with E-state index in [0.717, 1.165) is 41.7 Å². The van der Waals surface area contributed by atoms with Crippen LogP contribution >= 0.6 is 0 Å². The average Bonchev–Trinajstić information content (AvgIpc) is 3.30. The summed E-state index contributed by atoms with van der Waals surface area (Å²) in [6.45, 7) is 7.78. The van der Waals surface area contributed by atoms with E-state index >= 15 is 0 Å². The standard InChI is InChI=1S/C30H29NO4.ClH/c1-30(2,3)20-7-5-18(6-8-20)13-23-21-9-10-25(33-4)29(32)24(21)16-31-12-11-19-14-26-27(35-17-34-26)15-22(19)28(23)31;/h5-10,14-16H,11-13,17H2,1-4H3;1H. The Morgan fingerprint density at radius 1 is 0.972 bits per heavy atom. The zero-order valence-corrected chi connectivity index (χ0v) is 21.8. The minimum Gasteiger partial charge on any atom is -1.00 e. The lowest BCUT2D eigenvalue weighted by Gasteiger charge is -2.21. The summed E-state index contributed by atoms with van der Waals surface area (Å²) >= 11 is 0. The van der Waals surface area contributed by atoms with Crippen molar-refractivity contribution in [2.24, 2.45) is 0 Å². The molecule has 2 aliphatic heterocycles. The zero-order valence-electron chi connectivity index (χ0n) is 21.0. The molecule has 36 heavy (non-hydrogen) atoms. The van der Waals surface area contributed by atoms with Crippen LogP contribution in [0.25, 0.3) is 22.0 Å². The van der Waals surface area contributed by atoms with Gasteiger partial charge in [0.1, 0.15) is 0 Å². The van der Waals surface area contributed by atoms with Gasteiger partial charge in [0.25, 0.3) is 0 Å². The number of phenols is 1. The Balaban J connectivity index is 0.00000267. The molecule has 6 rings (SSSR count). The Bertz CT molecular complexity index is 1470. The number of nitrogens with zero attached hydrogens (tertiary/aromatic N) is 1. The highest BCUT2D eigenvalue weighted by molar-refractivity contribution is 5.95. The molecule has 3 aromatic carbocycles. The molecule has 0 spiro atoms. The smallest absolute Gasteiger partial charge is 0.231 e. The van der Waals surface area contributed by atoms with Crippen LogP contribution in [0.4, 0.5) is 0 Å². The van der Waals surface area contributed by atoms with Crippen LogP contribution in [0.2, 0.25) is 0 Å². The summed E-state index contributed by atoms with van der Waals surface area (Å²) < 4.78 is 19.1. The normalized spacial score (nSPS) is 13.7. The van der Waals surface area contributed by atoms with Crippen LogP contribution in [0.15, 0.2) is 54.7 Å². The van der Waals surface area contributed by atoms with Gasteiger partial charge in [-0.25, -0.2) is 0 Å². The van der Waals surface area contributed by atoms with Gasteiger partial charge in [0.15, 0.2) is 35.7 Å². The molecule has 0 aliphatic carbocycles. The molecule has 2 aliphatic rings. The fourth-order valence-corrected chi connectivity index (χ4v) is 5.32. The first-order chi connectivity index (χ1) is 16.8. The van der Waals surface area contributed by atoms with E-state index < -0.39 is 0 Å². The van der Waals surface area contributed by atoms with Crippen LogP contribution in [0.1, 0.15) is 43.0 Å². The van der Waals surface area contributed by atoms with Gasteiger partial charge in [0.05, 0.1) is 18.1 Å². The number of aromatic nitrogens is 1. The van der Waals surface area contributed by atoms with Crippen molar-refractivity contribution < 1.29 is 36.3 Å². The lowest BCUT2D eigenvalue weighted by Crippen LogP contribution is -3.00. The van der Waals surface area contributed by atoms with Crippen LogP contribution in [0, 0.1) is 0 Å². The lowest BCUT2D eigenvalue weighted by molar-refractivity contribution is -0.686. The van der Waals surface area contributed by atoms with Crippen LogP contribution in [0.5, 0.6) is 23.0 Å². The summed E-state index contributed by atoms with van der Waals surface area (Å²) in [4.78, 5) is 0. The van der Waals surface area contributed by atoms with Crippen molar-refractivity contribution in [3.05, 3.63) is 77.0 Å². The monoisotopic (exact) mass is 503 g/mol. The number of benzene rings is 3. The van der Waals surface area contributed by atoms with Crippen molar-refractivity contribution in [1.82, 2.24) is 0 Å². The molecule has 4 aromatic rings. The fraction of sp³-hybridized carbons (Fsp3) is 0.300. The number of halogens is 1. The highest BCUT2D eigenvalue weighted by atomic mass is 35.5. The first-order valence-corrected chi connectivity index (χ1v) is 12.1. The molecule has 0 atom stereocenters. The van der Waals surface area contributed by atoms with E-state index in [1.165, 1.54) is 33.5 Å². The van der Waals surface area contributed by atoms with Crippen molar-refractivity contribution in [3.8, 4) is 34.3 Å². The van der Waals surface area contributed by atoms with Crippen molar-refractivity contribution >= 4 is 10.8 Å². The average molecular weight is 504 g/mol. The first kappa shape index (κ1) is 24.3. The van der Waals surface area contributed by atoms with Crippen molar-refractivity contribution in [2.45, 2.75) is 45.6 Å². The van der Waals surface area contributed by atoms with Gasteiger partial charge in [-0.2, -0.15) is 4.57 Å². The summed E-state index contributed by atoms with van der Waals surface area (Å²) in [6.07, 6.45) is 3.69. The van der Waals surface area contributed by atoms with Crippen molar-refractivity contribution in [2.75, 3.05) is 13.9 Å². The number of aromatic hydroxyl groups is 1. The van der Waals surface area contributed by atoms with E-state index in [-0.39, 0.29) is 30.4 Å². The summed E-state index contributed by atoms with van der Waals surface area (Å²) in [5.74, 6) is 2.27. The van der Waals surface area contributed by atoms with E-state index in [9.17, 15) is 5.11 Å².